The molecular weight excluding hydrogens is 373 g/mol. The number of likely N-dealkylation sites (N-methyl/N-ethyl adjacent to an activating group) is 1. The predicted octanol–water partition coefficient (Wildman–Crippen LogP) is 6.30. The van der Waals surface area contributed by atoms with Crippen molar-refractivity contribution in [3.05, 3.63) is 69.7 Å². The first-order chi connectivity index (χ1) is 11.9. The Hall–Kier alpha value is -1.42. The lowest BCUT2D eigenvalue weighted by Gasteiger charge is -2.17. The quantitative estimate of drug-likeness (QED) is 0.423. The van der Waals surface area contributed by atoms with Crippen molar-refractivity contribution in [3.63, 3.8) is 0 Å². The maximum absolute atomic E-state index is 12.6. The van der Waals surface area contributed by atoms with Crippen molar-refractivity contribution in [2.24, 2.45) is 0 Å². The molecule has 132 valence electrons. The molecule has 0 spiro atoms. The molecule has 0 saturated carbocycles. The number of halogens is 2. The average Bonchev–Trinajstić information content (AvgIpc) is 2.58. The maximum Gasteiger partial charge on any atom is 0.247 e. The Bertz CT molecular complexity index is 768. The fourth-order valence-corrected chi connectivity index (χ4v) is 3.77. The fourth-order valence-electron chi connectivity index (χ4n) is 2.30. The van der Waals surface area contributed by atoms with Crippen molar-refractivity contribution in [2.75, 3.05) is 13.1 Å². The van der Waals surface area contributed by atoms with E-state index in [1.165, 1.54) is 17.3 Å². The van der Waals surface area contributed by atoms with E-state index >= 15 is 0 Å². The van der Waals surface area contributed by atoms with Crippen LogP contribution in [0.15, 0.2) is 53.4 Å². The minimum Gasteiger partial charge on any atom is -0.340 e. The Morgan fingerprint density at radius 3 is 2.28 bits per heavy atom. The van der Waals surface area contributed by atoms with E-state index in [4.69, 9.17) is 23.2 Å². The number of hydrogen-bond acceptors (Lipinski definition) is 2. The normalized spacial score (nSPS) is 11.5. The van der Waals surface area contributed by atoms with Crippen LogP contribution in [0.2, 0.25) is 10.0 Å². The summed E-state index contributed by atoms with van der Waals surface area (Å²) in [4.78, 5) is 16.1. The van der Waals surface area contributed by atoms with E-state index in [1.807, 2.05) is 51.1 Å². The lowest BCUT2D eigenvalue weighted by Crippen LogP contribution is -2.28. The summed E-state index contributed by atoms with van der Waals surface area (Å²) in [5, 5.41) is 1.17. The zero-order valence-electron chi connectivity index (χ0n) is 14.6. The van der Waals surface area contributed by atoms with Crippen LogP contribution in [0.3, 0.4) is 0 Å². The molecule has 0 unspecified atom stereocenters. The largest absolute Gasteiger partial charge is 0.340 e. The van der Waals surface area contributed by atoms with Gasteiger partial charge in [-0.2, -0.15) is 0 Å². The van der Waals surface area contributed by atoms with Gasteiger partial charge in [0.05, 0.1) is 5.02 Å². The smallest absolute Gasteiger partial charge is 0.247 e. The highest BCUT2D eigenvalue weighted by molar-refractivity contribution is 8.08. The van der Waals surface area contributed by atoms with E-state index < -0.39 is 0 Å². The van der Waals surface area contributed by atoms with Crippen LogP contribution in [-0.4, -0.2) is 23.9 Å². The van der Waals surface area contributed by atoms with Crippen molar-refractivity contribution < 1.29 is 4.79 Å². The van der Waals surface area contributed by atoms with Gasteiger partial charge in [-0.15, -0.1) is 0 Å². The second kappa shape index (κ2) is 9.33. The molecule has 0 aliphatic heterocycles. The Balaban J connectivity index is 2.41. The molecular formula is C20H21Cl2NOS. The first kappa shape index (κ1) is 19.9. The Kier molecular flexibility index (Phi) is 7.42. The second-order valence-corrected chi connectivity index (χ2v) is 7.49. The van der Waals surface area contributed by atoms with Gasteiger partial charge in [0.15, 0.2) is 0 Å². The van der Waals surface area contributed by atoms with Gasteiger partial charge in [-0.3, -0.25) is 4.79 Å². The lowest BCUT2D eigenvalue weighted by atomic mass is 10.1. The summed E-state index contributed by atoms with van der Waals surface area (Å²) in [5.74, 6) is -0.00170. The minimum atomic E-state index is -0.00170. The molecule has 2 rings (SSSR count). The van der Waals surface area contributed by atoms with E-state index in [2.05, 4.69) is 0 Å². The van der Waals surface area contributed by atoms with E-state index in [9.17, 15) is 4.79 Å². The van der Waals surface area contributed by atoms with Crippen molar-refractivity contribution in [3.8, 4) is 0 Å². The van der Waals surface area contributed by atoms with E-state index in [-0.39, 0.29) is 5.91 Å². The number of rotatable bonds is 6. The molecule has 0 atom stereocenters. The third kappa shape index (κ3) is 5.53. The molecule has 2 aromatic carbocycles. The highest BCUT2D eigenvalue weighted by Gasteiger charge is 2.13. The molecule has 25 heavy (non-hydrogen) atoms. The topological polar surface area (TPSA) is 20.3 Å². The van der Waals surface area contributed by atoms with Crippen LogP contribution >= 0.6 is 35.0 Å². The minimum absolute atomic E-state index is 0.00170. The van der Waals surface area contributed by atoms with Gasteiger partial charge in [-0.1, -0.05) is 64.8 Å². The van der Waals surface area contributed by atoms with Crippen LogP contribution in [-0.2, 0) is 4.79 Å². The summed E-state index contributed by atoms with van der Waals surface area (Å²) >= 11 is 13.8. The first-order valence-corrected chi connectivity index (χ1v) is 9.72. The molecule has 1 amide bonds. The van der Waals surface area contributed by atoms with Gasteiger partial charge in [0.2, 0.25) is 5.91 Å². The van der Waals surface area contributed by atoms with Gasteiger partial charge in [0, 0.05) is 34.0 Å². The number of aryl methyl sites for hydroxylation is 1. The summed E-state index contributed by atoms with van der Waals surface area (Å²) in [6, 6.07) is 13.5. The SMILES string of the molecule is CCN(CC)C(=O)/C=C(\Sc1ccc(Cl)cc1Cl)c1ccc(C)cc1. The second-order valence-electron chi connectivity index (χ2n) is 5.56. The zero-order chi connectivity index (χ0) is 18.4. The molecule has 2 nitrogen and oxygen atoms in total. The maximum atomic E-state index is 12.6. The van der Waals surface area contributed by atoms with E-state index in [1.54, 1.807) is 23.1 Å². The highest BCUT2D eigenvalue weighted by atomic mass is 35.5. The molecule has 0 fully saturated rings. The number of nitrogens with zero attached hydrogens (tertiary/aromatic N) is 1. The Morgan fingerprint density at radius 2 is 1.72 bits per heavy atom. The summed E-state index contributed by atoms with van der Waals surface area (Å²) in [7, 11) is 0. The Labute approximate surface area is 163 Å². The number of benzene rings is 2. The first-order valence-electron chi connectivity index (χ1n) is 8.15. The summed E-state index contributed by atoms with van der Waals surface area (Å²) in [5.41, 5.74) is 2.16. The molecule has 0 saturated heterocycles. The molecule has 2 aromatic rings. The van der Waals surface area contributed by atoms with Gasteiger partial charge in [-0.25, -0.2) is 0 Å². The lowest BCUT2D eigenvalue weighted by molar-refractivity contribution is -0.125. The van der Waals surface area contributed by atoms with Gasteiger partial charge < -0.3 is 4.90 Å². The van der Waals surface area contributed by atoms with Crippen LogP contribution in [0, 0.1) is 6.92 Å². The molecule has 0 aliphatic rings. The van der Waals surface area contributed by atoms with Crippen molar-refractivity contribution in [1.82, 2.24) is 4.90 Å². The van der Waals surface area contributed by atoms with Gasteiger partial charge in [0.1, 0.15) is 0 Å². The van der Waals surface area contributed by atoms with Crippen molar-refractivity contribution in [1.29, 1.82) is 0 Å². The molecule has 0 radical (unpaired) electrons. The number of carbonyl (C=O) groups is 1. The standard InChI is InChI=1S/C20H21Cl2NOS/c1-4-23(5-2)20(24)13-19(15-8-6-14(3)7-9-15)25-18-11-10-16(21)12-17(18)22/h6-13H,4-5H2,1-3H3/b19-13-. The molecule has 5 heteroatoms. The van der Waals surface area contributed by atoms with Crippen LogP contribution in [0.25, 0.3) is 4.91 Å². The van der Waals surface area contributed by atoms with E-state index in [0.29, 0.717) is 23.1 Å². The third-order valence-corrected chi connectivity index (χ3v) is 5.59. The Morgan fingerprint density at radius 1 is 1.08 bits per heavy atom. The zero-order valence-corrected chi connectivity index (χ0v) is 16.9. The molecule has 0 N–H and O–H groups in total. The third-order valence-electron chi connectivity index (χ3n) is 3.78. The summed E-state index contributed by atoms with van der Waals surface area (Å²) < 4.78 is 0. The molecule has 0 bridgehead atoms. The van der Waals surface area contributed by atoms with Crippen LogP contribution < -0.4 is 0 Å². The fraction of sp³-hybridized carbons (Fsp3) is 0.250. The molecule has 0 aromatic heterocycles. The number of hydrogen-bond donors (Lipinski definition) is 0. The van der Waals surface area contributed by atoms with Crippen LogP contribution in [0.1, 0.15) is 25.0 Å². The molecule has 0 heterocycles. The van der Waals surface area contributed by atoms with Crippen molar-refractivity contribution in [2.45, 2.75) is 25.7 Å². The number of thioether (sulfide) groups is 1. The van der Waals surface area contributed by atoms with Crippen LogP contribution in [0.5, 0.6) is 0 Å². The van der Waals surface area contributed by atoms with E-state index in [0.717, 1.165) is 15.4 Å². The highest BCUT2D eigenvalue weighted by Crippen LogP contribution is 2.39. The molecule has 0 aliphatic carbocycles. The summed E-state index contributed by atoms with van der Waals surface area (Å²) in [6.45, 7) is 7.35. The van der Waals surface area contributed by atoms with Gasteiger partial charge in [-0.05, 0) is 44.5 Å². The van der Waals surface area contributed by atoms with Gasteiger partial charge in [0.25, 0.3) is 0 Å². The van der Waals surface area contributed by atoms with Crippen LogP contribution in [0.4, 0.5) is 0 Å². The summed E-state index contributed by atoms with van der Waals surface area (Å²) in [6.07, 6.45) is 1.69. The average molecular weight is 394 g/mol. The predicted molar refractivity (Wildman–Crippen MR) is 109 cm³/mol. The van der Waals surface area contributed by atoms with Gasteiger partial charge >= 0.3 is 0 Å². The number of amides is 1. The number of carbonyl (C=O) groups excluding carboxylic acids is 1. The van der Waals surface area contributed by atoms with Crippen molar-refractivity contribution >= 4 is 45.8 Å². The monoisotopic (exact) mass is 393 g/mol.